The molecule has 1 amide bonds. The van der Waals surface area contributed by atoms with Crippen LogP contribution in [0.2, 0.25) is 0 Å². The Morgan fingerprint density at radius 1 is 1.38 bits per heavy atom. The Morgan fingerprint density at radius 2 is 2.15 bits per heavy atom. The minimum absolute atomic E-state index is 0.434. The highest BCUT2D eigenvalue weighted by atomic mass is 16.1. The Hall–Kier alpha value is -1.97. The molecule has 0 spiro atoms. The highest BCUT2D eigenvalue weighted by Crippen LogP contribution is 2.19. The van der Waals surface area contributed by atoms with Crippen molar-refractivity contribution in [3.8, 4) is 0 Å². The molecule has 5 N–H and O–H groups in total. The fraction of sp³-hybridized carbons (Fsp3) is 0. The molecule has 1 heterocycles. The van der Waals surface area contributed by atoms with Crippen LogP contribution < -0.4 is 11.5 Å². The first-order chi connectivity index (χ1) is 6.18. The van der Waals surface area contributed by atoms with Gasteiger partial charge >= 0.3 is 0 Å². The number of carbonyl (C=O) groups excluding carboxylic acids is 1. The number of aromatic amines is 1. The Bertz CT molecular complexity index is 473. The Morgan fingerprint density at radius 3 is 2.85 bits per heavy atom. The van der Waals surface area contributed by atoms with Gasteiger partial charge in [0.2, 0.25) is 0 Å². The molecule has 0 atom stereocenters. The van der Waals surface area contributed by atoms with Gasteiger partial charge in [0.15, 0.2) is 0 Å². The van der Waals surface area contributed by atoms with Crippen LogP contribution in [0.5, 0.6) is 0 Å². The highest BCUT2D eigenvalue weighted by molar-refractivity contribution is 6.06. The van der Waals surface area contributed by atoms with E-state index in [0.29, 0.717) is 11.3 Å². The normalized spacial score (nSPS) is 10.5. The monoisotopic (exact) mass is 175 g/mol. The predicted octanol–water partition coefficient (Wildman–Crippen LogP) is 0.849. The molecule has 13 heavy (non-hydrogen) atoms. The van der Waals surface area contributed by atoms with Crippen LogP contribution >= 0.6 is 0 Å². The third-order valence-electron chi connectivity index (χ3n) is 1.97. The summed E-state index contributed by atoms with van der Waals surface area (Å²) < 4.78 is 0. The molecule has 4 nitrogen and oxygen atoms in total. The lowest BCUT2D eigenvalue weighted by molar-refractivity contribution is 0.100. The standard InChI is InChI=1S/C9H9N3O/c10-5-1-2-6-7(9(11)13)4-12-8(6)3-5/h1-4,12H,10H2,(H2,11,13). The molecule has 0 aliphatic heterocycles. The van der Waals surface area contributed by atoms with E-state index in [0.717, 1.165) is 10.9 Å². The summed E-state index contributed by atoms with van der Waals surface area (Å²) in [6.45, 7) is 0. The molecular weight excluding hydrogens is 166 g/mol. The molecule has 0 unspecified atom stereocenters. The molecule has 1 aromatic heterocycles. The Balaban J connectivity index is 2.76. The number of amides is 1. The van der Waals surface area contributed by atoms with Crippen LogP contribution in [-0.2, 0) is 0 Å². The maximum Gasteiger partial charge on any atom is 0.250 e. The van der Waals surface area contributed by atoms with Gasteiger partial charge in [-0.05, 0) is 18.2 Å². The maximum atomic E-state index is 10.9. The summed E-state index contributed by atoms with van der Waals surface area (Å²) >= 11 is 0. The van der Waals surface area contributed by atoms with Gasteiger partial charge in [-0.2, -0.15) is 0 Å². The average Bonchev–Trinajstić information content (AvgIpc) is 2.46. The third-order valence-corrected chi connectivity index (χ3v) is 1.97. The van der Waals surface area contributed by atoms with Crippen LogP contribution in [0.25, 0.3) is 10.9 Å². The van der Waals surface area contributed by atoms with Gasteiger partial charge in [-0.15, -0.1) is 0 Å². The molecule has 0 saturated heterocycles. The van der Waals surface area contributed by atoms with E-state index in [1.807, 2.05) is 0 Å². The van der Waals surface area contributed by atoms with E-state index < -0.39 is 5.91 Å². The average molecular weight is 175 g/mol. The van der Waals surface area contributed by atoms with E-state index >= 15 is 0 Å². The van der Waals surface area contributed by atoms with E-state index in [1.165, 1.54) is 0 Å². The van der Waals surface area contributed by atoms with E-state index in [1.54, 1.807) is 24.4 Å². The SMILES string of the molecule is NC(=O)c1c[nH]c2cc(N)ccc12. The molecule has 0 bridgehead atoms. The summed E-state index contributed by atoms with van der Waals surface area (Å²) in [5.74, 6) is -0.434. The minimum Gasteiger partial charge on any atom is -0.399 e. The van der Waals surface area contributed by atoms with Gasteiger partial charge in [0, 0.05) is 22.8 Å². The van der Waals surface area contributed by atoms with Crippen molar-refractivity contribution in [1.29, 1.82) is 0 Å². The summed E-state index contributed by atoms with van der Waals surface area (Å²) in [6.07, 6.45) is 1.59. The molecule has 66 valence electrons. The number of H-pyrrole nitrogens is 1. The van der Waals surface area contributed by atoms with E-state index in [2.05, 4.69) is 4.98 Å². The summed E-state index contributed by atoms with van der Waals surface area (Å²) in [7, 11) is 0. The number of anilines is 1. The third kappa shape index (κ3) is 1.12. The second kappa shape index (κ2) is 2.52. The second-order valence-electron chi connectivity index (χ2n) is 2.87. The fourth-order valence-electron chi connectivity index (χ4n) is 1.35. The van der Waals surface area contributed by atoms with Crippen LogP contribution in [0, 0.1) is 0 Å². The number of nitrogen functional groups attached to an aromatic ring is 1. The van der Waals surface area contributed by atoms with Crippen molar-refractivity contribution in [2.45, 2.75) is 0 Å². The minimum atomic E-state index is -0.434. The molecule has 0 aliphatic rings. The van der Waals surface area contributed by atoms with Crippen molar-refractivity contribution in [3.63, 3.8) is 0 Å². The Labute approximate surface area is 74.5 Å². The zero-order valence-electron chi connectivity index (χ0n) is 6.87. The van der Waals surface area contributed by atoms with E-state index in [-0.39, 0.29) is 0 Å². The van der Waals surface area contributed by atoms with E-state index in [4.69, 9.17) is 11.5 Å². The number of rotatable bonds is 1. The lowest BCUT2D eigenvalue weighted by Crippen LogP contribution is -2.09. The second-order valence-corrected chi connectivity index (χ2v) is 2.87. The number of fused-ring (bicyclic) bond motifs is 1. The molecule has 1 aromatic carbocycles. The fourth-order valence-corrected chi connectivity index (χ4v) is 1.35. The summed E-state index contributed by atoms with van der Waals surface area (Å²) in [5.41, 5.74) is 12.7. The van der Waals surface area contributed by atoms with Crippen LogP contribution in [0.1, 0.15) is 10.4 Å². The van der Waals surface area contributed by atoms with Gasteiger partial charge in [0.1, 0.15) is 0 Å². The number of hydrogen-bond acceptors (Lipinski definition) is 2. The number of carbonyl (C=O) groups is 1. The zero-order chi connectivity index (χ0) is 9.42. The zero-order valence-corrected chi connectivity index (χ0v) is 6.87. The van der Waals surface area contributed by atoms with Gasteiger partial charge in [-0.1, -0.05) is 0 Å². The predicted molar refractivity (Wildman–Crippen MR) is 51.2 cm³/mol. The molecule has 0 fully saturated rings. The lowest BCUT2D eigenvalue weighted by atomic mass is 10.1. The first-order valence-electron chi connectivity index (χ1n) is 3.85. The van der Waals surface area contributed by atoms with Crippen LogP contribution in [0.15, 0.2) is 24.4 Å². The number of nitrogens with two attached hydrogens (primary N) is 2. The van der Waals surface area contributed by atoms with Crippen molar-refractivity contribution in [2.24, 2.45) is 5.73 Å². The number of hydrogen-bond donors (Lipinski definition) is 3. The van der Waals surface area contributed by atoms with Crippen molar-refractivity contribution in [3.05, 3.63) is 30.0 Å². The van der Waals surface area contributed by atoms with Gasteiger partial charge in [0.05, 0.1) is 5.56 Å². The van der Waals surface area contributed by atoms with Gasteiger partial charge in [-0.25, -0.2) is 0 Å². The number of benzene rings is 1. The molecule has 4 heteroatoms. The molecule has 0 aliphatic carbocycles. The van der Waals surface area contributed by atoms with Crippen LogP contribution in [0.3, 0.4) is 0 Å². The Kier molecular flexibility index (Phi) is 1.48. The molecule has 2 aromatic rings. The van der Waals surface area contributed by atoms with Crippen LogP contribution in [0.4, 0.5) is 5.69 Å². The topological polar surface area (TPSA) is 84.9 Å². The van der Waals surface area contributed by atoms with Crippen molar-refractivity contribution in [1.82, 2.24) is 4.98 Å². The summed E-state index contributed by atoms with van der Waals surface area (Å²) in [5, 5.41) is 0.807. The van der Waals surface area contributed by atoms with Crippen molar-refractivity contribution >= 4 is 22.5 Å². The molecule has 0 radical (unpaired) electrons. The molecule has 2 rings (SSSR count). The summed E-state index contributed by atoms with van der Waals surface area (Å²) in [6, 6.07) is 5.28. The first-order valence-corrected chi connectivity index (χ1v) is 3.85. The lowest BCUT2D eigenvalue weighted by Gasteiger charge is -1.94. The van der Waals surface area contributed by atoms with Crippen LogP contribution in [-0.4, -0.2) is 10.9 Å². The summed E-state index contributed by atoms with van der Waals surface area (Å²) in [4.78, 5) is 13.9. The van der Waals surface area contributed by atoms with Gasteiger partial charge in [-0.3, -0.25) is 4.79 Å². The quantitative estimate of drug-likeness (QED) is 0.561. The van der Waals surface area contributed by atoms with E-state index in [9.17, 15) is 4.79 Å². The largest absolute Gasteiger partial charge is 0.399 e. The smallest absolute Gasteiger partial charge is 0.250 e. The van der Waals surface area contributed by atoms with Gasteiger partial charge < -0.3 is 16.5 Å². The molecular formula is C9H9N3O. The van der Waals surface area contributed by atoms with Crippen molar-refractivity contribution in [2.75, 3.05) is 5.73 Å². The number of primary amides is 1. The maximum absolute atomic E-state index is 10.9. The first kappa shape index (κ1) is 7.67. The number of aromatic nitrogens is 1. The number of nitrogens with one attached hydrogen (secondary N) is 1. The van der Waals surface area contributed by atoms with Crippen molar-refractivity contribution < 1.29 is 4.79 Å². The molecule has 0 saturated carbocycles. The van der Waals surface area contributed by atoms with Gasteiger partial charge in [0.25, 0.3) is 5.91 Å². The highest BCUT2D eigenvalue weighted by Gasteiger charge is 2.07.